The number of hydrogen-bond donors (Lipinski definition) is 1. The molecule has 0 spiro atoms. The summed E-state index contributed by atoms with van der Waals surface area (Å²) in [4.78, 5) is 25.9. The van der Waals surface area contributed by atoms with Crippen molar-refractivity contribution in [2.24, 2.45) is 5.92 Å². The average molecular weight is 322 g/mol. The lowest BCUT2D eigenvalue weighted by Crippen LogP contribution is -2.24. The Morgan fingerprint density at radius 1 is 1.13 bits per heavy atom. The molecule has 6 nitrogen and oxygen atoms in total. The summed E-state index contributed by atoms with van der Waals surface area (Å²) in [5, 5.41) is 2.81. The highest BCUT2D eigenvalue weighted by molar-refractivity contribution is 6.04. The molecule has 1 aromatic rings. The van der Waals surface area contributed by atoms with Crippen molar-refractivity contribution in [1.29, 1.82) is 0 Å². The molecule has 0 heterocycles. The van der Waals surface area contributed by atoms with Crippen LogP contribution < -0.4 is 14.8 Å². The Morgan fingerprint density at radius 2 is 1.70 bits per heavy atom. The largest absolute Gasteiger partial charge is 0.493 e. The third-order valence-electron chi connectivity index (χ3n) is 3.38. The van der Waals surface area contributed by atoms with Gasteiger partial charge in [0.1, 0.15) is 0 Å². The first-order valence-corrected chi connectivity index (χ1v) is 7.57. The van der Waals surface area contributed by atoms with Gasteiger partial charge in [0.05, 0.1) is 25.5 Å². The first kappa shape index (κ1) is 18.8. The maximum atomic E-state index is 12.4. The van der Waals surface area contributed by atoms with E-state index in [-0.39, 0.29) is 11.8 Å². The molecule has 1 rings (SSSR count). The fraction of sp³-hybridized carbons (Fsp3) is 0.529. The number of amides is 2. The van der Waals surface area contributed by atoms with Crippen LogP contribution >= 0.6 is 0 Å². The van der Waals surface area contributed by atoms with E-state index in [9.17, 15) is 9.59 Å². The van der Waals surface area contributed by atoms with Crippen LogP contribution in [0.2, 0.25) is 0 Å². The predicted molar refractivity (Wildman–Crippen MR) is 90.3 cm³/mol. The quantitative estimate of drug-likeness (QED) is 0.838. The van der Waals surface area contributed by atoms with E-state index in [0.29, 0.717) is 35.1 Å². The minimum atomic E-state index is -0.217. The molecule has 1 aromatic carbocycles. The Bertz CT molecular complexity index is 568. The Hall–Kier alpha value is -2.24. The van der Waals surface area contributed by atoms with Gasteiger partial charge in [-0.25, -0.2) is 0 Å². The van der Waals surface area contributed by atoms with Gasteiger partial charge < -0.3 is 19.7 Å². The number of methoxy groups -OCH3 is 2. The van der Waals surface area contributed by atoms with Crippen molar-refractivity contribution in [3.8, 4) is 11.5 Å². The standard InChI is InChI=1S/C17H26N2O4/c1-11(2)7-8-16(20)18-13-10-15(23-6)14(22-5)9-12(13)17(21)19(3)4/h9-11H,7-8H2,1-6H3,(H,18,20). The predicted octanol–water partition coefficient (Wildman–Crippen LogP) is 2.78. The van der Waals surface area contributed by atoms with Gasteiger partial charge in [0.2, 0.25) is 5.91 Å². The molecule has 6 heteroatoms. The third kappa shape index (κ3) is 5.16. The van der Waals surface area contributed by atoms with E-state index in [1.54, 1.807) is 26.2 Å². The summed E-state index contributed by atoms with van der Waals surface area (Å²) >= 11 is 0. The van der Waals surface area contributed by atoms with Crippen LogP contribution in [0.1, 0.15) is 37.0 Å². The Labute approximate surface area is 137 Å². The molecule has 0 aliphatic rings. The molecule has 0 aromatic heterocycles. The molecular weight excluding hydrogens is 296 g/mol. The van der Waals surface area contributed by atoms with E-state index in [1.165, 1.54) is 19.1 Å². The van der Waals surface area contributed by atoms with Gasteiger partial charge in [0.25, 0.3) is 5.91 Å². The van der Waals surface area contributed by atoms with E-state index in [0.717, 1.165) is 6.42 Å². The lowest BCUT2D eigenvalue weighted by Gasteiger charge is -2.18. The fourth-order valence-corrected chi connectivity index (χ4v) is 2.03. The van der Waals surface area contributed by atoms with E-state index in [1.807, 2.05) is 0 Å². The van der Waals surface area contributed by atoms with E-state index in [4.69, 9.17) is 9.47 Å². The van der Waals surface area contributed by atoms with Crippen molar-refractivity contribution in [3.63, 3.8) is 0 Å². The van der Waals surface area contributed by atoms with Crippen LogP contribution in [0.4, 0.5) is 5.69 Å². The van der Waals surface area contributed by atoms with Gasteiger partial charge >= 0.3 is 0 Å². The topological polar surface area (TPSA) is 67.9 Å². The molecule has 0 bridgehead atoms. The van der Waals surface area contributed by atoms with Gasteiger partial charge in [0, 0.05) is 26.6 Å². The molecule has 0 unspecified atom stereocenters. The molecule has 0 atom stereocenters. The van der Waals surface area contributed by atoms with Crippen LogP contribution in [0.25, 0.3) is 0 Å². The van der Waals surface area contributed by atoms with Gasteiger partial charge in [-0.15, -0.1) is 0 Å². The molecular formula is C17H26N2O4. The number of carbonyl (C=O) groups is 2. The molecule has 23 heavy (non-hydrogen) atoms. The maximum absolute atomic E-state index is 12.4. The Kier molecular flexibility index (Phi) is 6.88. The van der Waals surface area contributed by atoms with Gasteiger partial charge in [-0.05, 0) is 18.4 Å². The van der Waals surface area contributed by atoms with Crippen molar-refractivity contribution in [2.45, 2.75) is 26.7 Å². The maximum Gasteiger partial charge on any atom is 0.255 e. The molecule has 0 fully saturated rings. The van der Waals surface area contributed by atoms with Crippen molar-refractivity contribution in [3.05, 3.63) is 17.7 Å². The van der Waals surface area contributed by atoms with Crippen LogP contribution in [0.15, 0.2) is 12.1 Å². The van der Waals surface area contributed by atoms with Crippen LogP contribution in [0, 0.1) is 5.92 Å². The van der Waals surface area contributed by atoms with Crippen molar-refractivity contribution >= 4 is 17.5 Å². The van der Waals surface area contributed by atoms with Crippen molar-refractivity contribution in [2.75, 3.05) is 33.6 Å². The van der Waals surface area contributed by atoms with E-state index < -0.39 is 0 Å². The number of ether oxygens (including phenoxy) is 2. The van der Waals surface area contributed by atoms with E-state index >= 15 is 0 Å². The molecule has 0 aliphatic heterocycles. The minimum absolute atomic E-state index is 0.126. The monoisotopic (exact) mass is 322 g/mol. The molecule has 0 radical (unpaired) electrons. The first-order chi connectivity index (χ1) is 10.8. The Balaban J connectivity index is 3.16. The number of carbonyl (C=O) groups excluding carboxylic acids is 2. The third-order valence-corrected chi connectivity index (χ3v) is 3.38. The van der Waals surface area contributed by atoms with Gasteiger partial charge in [-0.2, -0.15) is 0 Å². The zero-order valence-corrected chi connectivity index (χ0v) is 14.7. The lowest BCUT2D eigenvalue weighted by atomic mass is 10.1. The van der Waals surface area contributed by atoms with Crippen LogP contribution in [-0.4, -0.2) is 45.0 Å². The van der Waals surface area contributed by atoms with Gasteiger partial charge in [0.15, 0.2) is 11.5 Å². The summed E-state index contributed by atoms with van der Waals surface area (Å²) in [6.07, 6.45) is 1.19. The molecule has 0 saturated carbocycles. The second-order valence-corrected chi connectivity index (χ2v) is 5.93. The fourth-order valence-electron chi connectivity index (χ4n) is 2.03. The van der Waals surface area contributed by atoms with Crippen LogP contribution in [-0.2, 0) is 4.79 Å². The van der Waals surface area contributed by atoms with Crippen molar-refractivity contribution < 1.29 is 19.1 Å². The van der Waals surface area contributed by atoms with Crippen LogP contribution in [0.3, 0.4) is 0 Å². The van der Waals surface area contributed by atoms with E-state index in [2.05, 4.69) is 19.2 Å². The van der Waals surface area contributed by atoms with Crippen LogP contribution in [0.5, 0.6) is 11.5 Å². The minimum Gasteiger partial charge on any atom is -0.493 e. The zero-order valence-electron chi connectivity index (χ0n) is 14.7. The number of nitrogens with zero attached hydrogens (tertiary/aromatic N) is 1. The summed E-state index contributed by atoms with van der Waals surface area (Å²) in [5.41, 5.74) is 0.792. The van der Waals surface area contributed by atoms with Crippen molar-refractivity contribution in [1.82, 2.24) is 4.90 Å². The highest BCUT2D eigenvalue weighted by Gasteiger charge is 2.19. The smallest absolute Gasteiger partial charge is 0.255 e. The SMILES string of the molecule is COc1cc(NC(=O)CCC(C)C)c(C(=O)N(C)C)cc1OC. The number of anilines is 1. The number of hydrogen-bond acceptors (Lipinski definition) is 4. The highest BCUT2D eigenvalue weighted by Crippen LogP contribution is 2.34. The number of rotatable bonds is 7. The lowest BCUT2D eigenvalue weighted by molar-refractivity contribution is -0.116. The second kappa shape index (κ2) is 8.41. The molecule has 2 amide bonds. The normalized spacial score (nSPS) is 10.4. The molecule has 1 N–H and O–H groups in total. The molecule has 128 valence electrons. The summed E-state index contributed by atoms with van der Waals surface area (Å²) in [6.45, 7) is 4.12. The average Bonchev–Trinajstić information content (AvgIpc) is 2.51. The number of benzene rings is 1. The zero-order chi connectivity index (χ0) is 17.6. The number of nitrogens with one attached hydrogen (secondary N) is 1. The summed E-state index contributed by atoms with van der Waals surface area (Å²) < 4.78 is 10.5. The summed E-state index contributed by atoms with van der Waals surface area (Å²) in [6, 6.07) is 3.20. The summed E-state index contributed by atoms with van der Waals surface area (Å²) in [5.74, 6) is 0.998. The summed E-state index contributed by atoms with van der Waals surface area (Å²) in [7, 11) is 6.32. The molecule has 0 saturated heterocycles. The highest BCUT2D eigenvalue weighted by atomic mass is 16.5. The second-order valence-electron chi connectivity index (χ2n) is 5.93. The first-order valence-electron chi connectivity index (χ1n) is 7.57. The van der Waals surface area contributed by atoms with Gasteiger partial charge in [-0.3, -0.25) is 9.59 Å². The van der Waals surface area contributed by atoms with Gasteiger partial charge in [-0.1, -0.05) is 13.8 Å². The Morgan fingerprint density at radius 3 is 2.17 bits per heavy atom. The molecule has 0 aliphatic carbocycles.